The molecule has 0 aliphatic rings. The summed E-state index contributed by atoms with van der Waals surface area (Å²) in [5, 5.41) is 16.8. The van der Waals surface area contributed by atoms with E-state index < -0.39 is 29.3 Å². The van der Waals surface area contributed by atoms with Crippen LogP contribution in [0.1, 0.15) is 25.1 Å². The second-order valence-electron chi connectivity index (χ2n) is 6.06. The minimum absolute atomic E-state index is 0.0541. The van der Waals surface area contributed by atoms with Gasteiger partial charge in [-0.05, 0) is 19.4 Å². The lowest BCUT2D eigenvalue weighted by Gasteiger charge is -2.18. The zero-order valence-electron chi connectivity index (χ0n) is 15.9. The number of anilines is 1. The van der Waals surface area contributed by atoms with Gasteiger partial charge in [-0.25, -0.2) is 19.4 Å². The lowest BCUT2D eigenvalue weighted by atomic mass is 10.1. The summed E-state index contributed by atoms with van der Waals surface area (Å²) >= 11 is 0.975. The molecular weight excluding hydrogens is 402 g/mol. The van der Waals surface area contributed by atoms with E-state index >= 15 is 0 Å². The van der Waals surface area contributed by atoms with Gasteiger partial charge in [-0.2, -0.15) is 0 Å². The number of hydrogen-bond acceptors (Lipinski definition) is 9. The van der Waals surface area contributed by atoms with Gasteiger partial charge in [0.05, 0.1) is 7.11 Å². The minimum atomic E-state index is -1.49. The van der Waals surface area contributed by atoms with Crippen LogP contribution in [0, 0.1) is 0 Å². The predicted octanol–water partition coefficient (Wildman–Crippen LogP) is 2.65. The third kappa shape index (κ3) is 6.28. The molecule has 1 amide bonds. The fourth-order valence-corrected chi connectivity index (χ4v) is 2.61. The Morgan fingerprint density at radius 3 is 2.55 bits per heavy atom. The van der Waals surface area contributed by atoms with Crippen molar-refractivity contribution >= 4 is 40.2 Å². The highest BCUT2D eigenvalue weighted by Gasteiger charge is 2.32. The van der Waals surface area contributed by atoms with Crippen molar-refractivity contribution in [2.75, 3.05) is 12.4 Å². The Morgan fingerprint density at radius 2 is 1.93 bits per heavy atom. The van der Waals surface area contributed by atoms with Crippen molar-refractivity contribution in [3.05, 3.63) is 47.0 Å². The van der Waals surface area contributed by atoms with Crippen LogP contribution in [0.5, 0.6) is 0 Å². The summed E-state index contributed by atoms with van der Waals surface area (Å²) in [4.78, 5) is 44.0. The van der Waals surface area contributed by atoms with E-state index in [4.69, 9.17) is 9.57 Å². The first-order valence-corrected chi connectivity index (χ1v) is 9.12. The lowest BCUT2D eigenvalue weighted by molar-refractivity contribution is -0.165. The number of benzene rings is 1. The summed E-state index contributed by atoms with van der Waals surface area (Å²) in [5.74, 6) is -2.15. The molecule has 0 radical (unpaired) electrons. The molecule has 11 heteroatoms. The molecule has 0 unspecified atom stereocenters. The topological polar surface area (TPSA) is 136 Å². The Hall–Kier alpha value is -3.47. The molecule has 2 aromatic rings. The summed E-state index contributed by atoms with van der Waals surface area (Å²) in [6.07, 6.45) is -0.744. The number of carboxylic acid groups (broad SMARTS) is 1. The van der Waals surface area contributed by atoms with E-state index in [1.807, 2.05) is 18.2 Å². The van der Waals surface area contributed by atoms with Gasteiger partial charge in [0.15, 0.2) is 5.13 Å². The zero-order chi connectivity index (χ0) is 21.4. The van der Waals surface area contributed by atoms with Gasteiger partial charge in [-0.3, -0.25) is 5.32 Å². The summed E-state index contributed by atoms with van der Waals surface area (Å²) < 4.78 is 9.63. The van der Waals surface area contributed by atoms with E-state index in [1.54, 1.807) is 12.1 Å². The van der Waals surface area contributed by atoms with Crippen LogP contribution in [0.25, 0.3) is 0 Å². The van der Waals surface area contributed by atoms with Gasteiger partial charge in [-0.1, -0.05) is 35.5 Å². The first-order valence-electron chi connectivity index (χ1n) is 8.24. The van der Waals surface area contributed by atoms with Crippen molar-refractivity contribution in [3.63, 3.8) is 0 Å². The second-order valence-corrected chi connectivity index (χ2v) is 6.92. The quantitative estimate of drug-likeness (QED) is 0.377. The number of carbonyl (C=O) groups excluding carboxylic acids is 2. The van der Waals surface area contributed by atoms with Crippen LogP contribution in [0.4, 0.5) is 9.93 Å². The van der Waals surface area contributed by atoms with Crippen molar-refractivity contribution in [1.29, 1.82) is 0 Å². The molecule has 0 fully saturated rings. The number of nitrogens with zero attached hydrogens (tertiary/aromatic N) is 2. The van der Waals surface area contributed by atoms with Crippen molar-refractivity contribution in [2.24, 2.45) is 5.16 Å². The van der Waals surface area contributed by atoms with E-state index in [2.05, 4.69) is 20.2 Å². The Kier molecular flexibility index (Phi) is 7.26. The number of aliphatic carboxylic acids is 1. The largest absolute Gasteiger partial charge is 0.476 e. The number of carboxylic acids is 1. The van der Waals surface area contributed by atoms with Crippen LogP contribution in [0.3, 0.4) is 0 Å². The molecule has 10 nitrogen and oxygen atoms in total. The molecule has 1 aromatic heterocycles. The average Bonchev–Trinajstić information content (AvgIpc) is 3.14. The molecule has 2 N–H and O–H groups in total. The van der Waals surface area contributed by atoms with Crippen LogP contribution in [0.2, 0.25) is 0 Å². The highest BCUT2D eigenvalue weighted by molar-refractivity contribution is 7.14. The van der Waals surface area contributed by atoms with E-state index in [0.717, 1.165) is 16.9 Å². The number of carbonyl (C=O) groups is 3. The minimum Gasteiger partial charge on any atom is -0.476 e. The maximum absolute atomic E-state index is 11.9. The summed E-state index contributed by atoms with van der Waals surface area (Å²) in [5.41, 5.74) is -1.27. The fourth-order valence-electron chi connectivity index (χ4n) is 1.92. The van der Waals surface area contributed by atoms with Crippen LogP contribution in [-0.4, -0.2) is 46.5 Å². The molecule has 29 heavy (non-hydrogen) atoms. The van der Waals surface area contributed by atoms with Crippen LogP contribution < -0.4 is 5.32 Å². The third-order valence-electron chi connectivity index (χ3n) is 3.41. The number of methoxy groups -OCH3 is 1. The number of thiazole rings is 1. The number of oxime groups is 1. The summed E-state index contributed by atoms with van der Waals surface area (Å²) in [6, 6.07) is 9.10. The van der Waals surface area contributed by atoms with E-state index in [0.29, 0.717) is 0 Å². The molecule has 1 heterocycles. The lowest BCUT2D eigenvalue weighted by Crippen LogP contribution is -2.35. The van der Waals surface area contributed by atoms with Crippen LogP contribution in [-0.2, 0) is 30.5 Å². The predicted molar refractivity (Wildman–Crippen MR) is 104 cm³/mol. The molecular formula is C18H19N3O7S. The smallest absolute Gasteiger partial charge is 0.413 e. The molecule has 1 aromatic carbocycles. The number of ether oxygens (including phenoxy) is 2. The maximum Gasteiger partial charge on any atom is 0.413 e. The normalized spacial score (nSPS) is 11.5. The fraction of sp³-hybridized carbons (Fsp3) is 0.278. The molecule has 0 saturated carbocycles. The van der Waals surface area contributed by atoms with Gasteiger partial charge in [0.25, 0.3) is 0 Å². The standard InChI is InChI=1S/C18H19N3O7S/c1-18(2,15(24)26-3)28-21-13(14(22)23)12-10-29-16(19-12)20-17(25)27-9-11-7-5-4-6-8-11/h4-8,10H,9H2,1-3H3,(H,22,23)(H,19,20,25)/b21-13+. The van der Waals surface area contributed by atoms with Gasteiger partial charge in [-0.15, -0.1) is 11.3 Å². The number of esters is 1. The van der Waals surface area contributed by atoms with E-state index in [1.165, 1.54) is 26.3 Å². The van der Waals surface area contributed by atoms with Crippen LogP contribution in [0.15, 0.2) is 40.9 Å². The number of amides is 1. The Morgan fingerprint density at radius 1 is 1.24 bits per heavy atom. The van der Waals surface area contributed by atoms with Crippen molar-refractivity contribution in [3.8, 4) is 0 Å². The number of hydrogen-bond donors (Lipinski definition) is 2. The first kappa shape index (κ1) is 21.8. The van der Waals surface area contributed by atoms with Gasteiger partial charge in [0.1, 0.15) is 12.3 Å². The maximum atomic E-state index is 11.9. The molecule has 0 saturated heterocycles. The second kappa shape index (κ2) is 9.64. The average molecular weight is 421 g/mol. The summed E-state index contributed by atoms with van der Waals surface area (Å²) in [7, 11) is 1.17. The monoisotopic (exact) mass is 421 g/mol. The SMILES string of the molecule is COC(=O)C(C)(C)O/N=C(/C(=O)O)c1csc(NC(=O)OCc2ccccc2)n1. The van der Waals surface area contributed by atoms with E-state index in [-0.39, 0.29) is 17.4 Å². The molecule has 154 valence electrons. The molecule has 0 spiro atoms. The highest BCUT2D eigenvalue weighted by Crippen LogP contribution is 2.18. The molecule has 0 bridgehead atoms. The molecule has 2 rings (SSSR count). The molecule has 0 atom stereocenters. The first-order chi connectivity index (χ1) is 13.7. The van der Waals surface area contributed by atoms with Crippen molar-refractivity contribution < 1.29 is 33.8 Å². The van der Waals surface area contributed by atoms with Gasteiger partial charge in [0, 0.05) is 5.38 Å². The Balaban J connectivity index is 2.03. The van der Waals surface area contributed by atoms with Crippen LogP contribution >= 0.6 is 11.3 Å². The van der Waals surface area contributed by atoms with Crippen molar-refractivity contribution in [1.82, 2.24) is 4.98 Å². The number of rotatable bonds is 8. The molecule has 0 aliphatic carbocycles. The third-order valence-corrected chi connectivity index (χ3v) is 4.17. The number of aromatic nitrogens is 1. The molecule has 0 aliphatic heterocycles. The Labute approximate surface area is 170 Å². The van der Waals surface area contributed by atoms with E-state index in [9.17, 15) is 19.5 Å². The van der Waals surface area contributed by atoms with Crippen molar-refractivity contribution in [2.45, 2.75) is 26.1 Å². The zero-order valence-corrected chi connectivity index (χ0v) is 16.7. The van der Waals surface area contributed by atoms with Gasteiger partial charge < -0.3 is 19.4 Å². The van der Waals surface area contributed by atoms with Gasteiger partial charge in [0.2, 0.25) is 11.3 Å². The summed E-state index contributed by atoms with van der Waals surface area (Å²) in [6.45, 7) is 2.82. The number of nitrogens with one attached hydrogen (secondary N) is 1. The van der Waals surface area contributed by atoms with Gasteiger partial charge >= 0.3 is 18.0 Å². The Bertz CT molecular complexity index is 909. The highest BCUT2D eigenvalue weighted by atomic mass is 32.1.